The second kappa shape index (κ2) is 6.57. The normalized spacial score (nSPS) is 18.1. The smallest absolute Gasteiger partial charge is 0.136 e. The molecule has 2 heterocycles. The van der Waals surface area contributed by atoms with Crippen molar-refractivity contribution in [2.24, 2.45) is 5.92 Å². The second-order valence-corrected chi connectivity index (χ2v) is 6.72. The zero-order chi connectivity index (χ0) is 16.4. The van der Waals surface area contributed by atoms with Crippen molar-refractivity contribution in [2.75, 3.05) is 23.3 Å². The van der Waals surface area contributed by atoms with Gasteiger partial charge < -0.3 is 10.2 Å². The molecule has 0 bridgehead atoms. The SMILES string of the molecule is Cc1nc(Nc2cccc(C)c2C)cc(N2CCCC(C)C2)n1. The molecule has 0 radical (unpaired) electrons. The summed E-state index contributed by atoms with van der Waals surface area (Å²) in [6, 6.07) is 8.38. The highest BCUT2D eigenvalue weighted by atomic mass is 15.2. The van der Waals surface area contributed by atoms with Crippen LogP contribution in [0.25, 0.3) is 0 Å². The predicted molar refractivity (Wildman–Crippen MR) is 96.6 cm³/mol. The molecule has 122 valence electrons. The number of piperidine rings is 1. The lowest BCUT2D eigenvalue weighted by Crippen LogP contribution is -2.35. The molecule has 0 amide bonds. The van der Waals surface area contributed by atoms with Crippen LogP contribution in [0, 0.1) is 26.7 Å². The lowest BCUT2D eigenvalue weighted by molar-refractivity contribution is 0.444. The Morgan fingerprint density at radius 1 is 1.17 bits per heavy atom. The van der Waals surface area contributed by atoms with Gasteiger partial charge in [0, 0.05) is 24.8 Å². The summed E-state index contributed by atoms with van der Waals surface area (Å²) in [5, 5.41) is 3.47. The zero-order valence-electron chi connectivity index (χ0n) is 14.6. The number of nitrogens with zero attached hydrogens (tertiary/aromatic N) is 3. The van der Waals surface area contributed by atoms with Crippen LogP contribution in [0.4, 0.5) is 17.3 Å². The Morgan fingerprint density at radius 3 is 2.78 bits per heavy atom. The summed E-state index contributed by atoms with van der Waals surface area (Å²) in [7, 11) is 0. The van der Waals surface area contributed by atoms with Gasteiger partial charge in [-0.15, -0.1) is 0 Å². The van der Waals surface area contributed by atoms with E-state index in [-0.39, 0.29) is 0 Å². The van der Waals surface area contributed by atoms with Crippen molar-refractivity contribution in [3.8, 4) is 0 Å². The molecule has 2 aromatic rings. The van der Waals surface area contributed by atoms with Gasteiger partial charge in [0.15, 0.2) is 0 Å². The van der Waals surface area contributed by atoms with Gasteiger partial charge in [0.1, 0.15) is 17.5 Å². The van der Waals surface area contributed by atoms with Gasteiger partial charge in [0.25, 0.3) is 0 Å². The molecule has 1 unspecified atom stereocenters. The standard InChI is InChI=1S/C19H26N4/c1-13-7-6-10-23(12-13)19-11-18(20-16(4)21-19)22-17-9-5-8-14(2)15(17)3/h5,8-9,11,13H,6-7,10,12H2,1-4H3,(H,20,21,22). The van der Waals surface area contributed by atoms with Crippen LogP contribution in [0.1, 0.15) is 36.7 Å². The first kappa shape index (κ1) is 15.8. The molecule has 23 heavy (non-hydrogen) atoms. The Labute approximate surface area is 139 Å². The van der Waals surface area contributed by atoms with Crippen molar-refractivity contribution < 1.29 is 0 Å². The third-order valence-electron chi connectivity index (χ3n) is 4.67. The topological polar surface area (TPSA) is 41.1 Å². The fraction of sp³-hybridized carbons (Fsp3) is 0.474. The van der Waals surface area contributed by atoms with E-state index in [1.807, 2.05) is 6.92 Å². The average Bonchev–Trinajstić information content (AvgIpc) is 2.51. The first-order valence-electron chi connectivity index (χ1n) is 8.47. The lowest BCUT2D eigenvalue weighted by Gasteiger charge is -2.32. The number of hydrogen-bond donors (Lipinski definition) is 1. The molecule has 3 rings (SSSR count). The summed E-state index contributed by atoms with van der Waals surface area (Å²) in [4.78, 5) is 11.6. The Morgan fingerprint density at radius 2 is 2.00 bits per heavy atom. The van der Waals surface area contributed by atoms with Gasteiger partial charge >= 0.3 is 0 Å². The molecule has 1 aromatic heterocycles. The van der Waals surface area contributed by atoms with Crippen molar-refractivity contribution in [1.29, 1.82) is 0 Å². The molecule has 1 aromatic carbocycles. The van der Waals surface area contributed by atoms with Gasteiger partial charge in [-0.2, -0.15) is 0 Å². The van der Waals surface area contributed by atoms with Crippen LogP contribution < -0.4 is 10.2 Å². The van der Waals surface area contributed by atoms with E-state index in [1.165, 1.54) is 24.0 Å². The van der Waals surface area contributed by atoms with Crippen molar-refractivity contribution in [2.45, 2.75) is 40.5 Å². The summed E-state index contributed by atoms with van der Waals surface area (Å²) in [6.45, 7) is 10.7. The fourth-order valence-corrected chi connectivity index (χ4v) is 3.20. The number of aryl methyl sites for hydroxylation is 2. The second-order valence-electron chi connectivity index (χ2n) is 6.72. The van der Waals surface area contributed by atoms with E-state index in [0.717, 1.165) is 42.2 Å². The molecule has 0 saturated carbocycles. The number of benzene rings is 1. The fourth-order valence-electron chi connectivity index (χ4n) is 3.20. The molecule has 1 fully saturated rings. The van der Waals surface area contributed by atoms with Crippen LogP contribution in [0.15, 0.2) is 24.3 Å². The highest BCUT2D eigenvalue weighted by Crippen LogP contribution is 2.26. The molecule has 1 saturated heterocycles. The van der Waals surface area contributed by atoms with Crippen LogP contribution in [-0.2, 0) is 0 Å². The molecule has 1 aliphatic rings. The van der Waals surface area contributed by atoms with E-state index >= 15 is 0 Å². The molecule has 4 heteroatoms. The summed E-state index contributed by atoms with van der Waals surface area (Å²) in [5.41, 5.74) is 3.66. The maximum Gasteiger partial charge on any atom is 0.136 e. The first-order chi connectivity index (χ1) is 11.0. The third-order valence-corrected chi connectivity index (χ3v) is 4.67. The van der Waals surface area contributed by atoms with Crippen molar-refractivity contribution >= 4 is 17.3 Å². The maximum atomic E-state index is 4.65. The summed E-state index contributed by atoms with van der Waals surface area (Å²) < 4.78 is 0. The minimum Gasteiger partial charge on any atom is -0.356 e. The molecular weight excluding hydrogens is 284 g/mol. The zero-order valence-corrected chi connectivity index (χ0v) is 14.6. The summed E-state index contributed by atoms with van der Waals surface area (Å²) in [6.07, 6.45) is 2.55. The highest BCUT2D eigenvalue weighted by molar-refractivity contribution is 5.64. The lowest BCUT2D eigenvalue weighted by atomic mass is 10.0. The molecule has 1 atom stereocenters. The van der Waals surface area contributed by atoms with E-state index in [1.54, 1.807) is 0 Å². The van der Waals surface area contributed by atoms with Crippen LogP contribution in [0.2, 0.25) is 0 Å². The Bertz CT molecular complexity index is 696. The Hall–Kier alpha value is -2.10. The monoisotopic (exact) mass is 310 g/mol. The van der Waals surface area contributed by atoms with Gasteiger partial charge in [0.2, 0.25) is 0 Å². The molecular formula is C19H26N4. The van der Waals surface area contributed by atoms with Gasteiger partial charge in [-0.25, -0.2) is 9.97 Å². The molecule has 0 aliphatic carbocycles. The van der Waals surface area contributed by atoms with Crippen LogP contribution in [-0.4, -0.2) is 23.1 Å². The predicted octanol–water partition coefficient (Wildman–Crippen LogP) is 4.38. The van der Waals surface area contributed by atoms with Gasteiger partial charge in [-0.3, -0.25) is 0 Å². The number of hydrogen-bond acceptors (Lipinski definition) is 4. The Kier molecular flexibility index (Phi) is 4.51. The van der Waals surface area contributed by atoms with Crippen molar-refractivity contribution in [3.63, 3.8) is 0 Å². The Balaban J connectivity index is 1.87. The number of nitrogens with one attached hydrogen (secondary N) is 1. The maximum absolute atomic E-state index is 4.65. The summed E-state index contributed by atoms with van der Waals surface area (Å²) in [5.74, 6) is 3.46. The van der Waals surface area contributed by atoms with Crippen molar-refractivity contribution in [3.05, 3.63) is 41.2 Å². The molecule has 1 aliphatic heterocycles. The quantitative estimate of drug-likeness (QED) is 0.913. The number of anilines is 3. The minimum atomic E-state index is 0.731. The summed E-state index contributed by atoms with van der Waals surface area (Å²) >= 11 is 0. The molecule has 4 nitrogen and oxygen atoms in total. The van der Waals surface area contributed by atoms with E-state index in [9.17, 15) is 0 Å². The van der Waals surface area contributed by atoms with E-state index < -0.39 is 0 Å². The van der Waals surface area contributed by atoms with E-state index in [2.05, 4.69) is 65.2 Å². The third kappa shape index (κ3) is 3.63. The van der Waals surface area contributed by atoms with Crippen LogP contribution in [0.3, 0.4) is 0 Å². The van der Waals surface area contributed by atoms with Gasteiger partial charge in [0.05, 0.1) is 0 Å². The van der Waals surface area contributed by atoms with Crippen LogP contribution >= 0.6 is 0 Å². The van der Waals surface area contributed by atoms with Gasteiger partial charge in [-0.05, 0) is 56.7 Å². The highest BCUT2D eigenvalue weighted by Gasteiger charge is 2.18. The van der Waals surface area contributed by atoms with E-state index in [4.69, 9.17) is 0 Å². The van der Waals surface area contributed by atoms with E-state index in [0.29, 0.717) is 0 Å². The van der Waals surface area contributed by atoms with Gasteiger partial charge in [-0.1, -0.05) is 19.1 Å². The average molecular weight is 310 g/mol. The minimum absolute atomic E-state index is 0.731. The molecule has 1 N–H and O–H groups in total. The van der Waals surface area contributed by atoms with Crippen LogP contribution in [0.5, 0.6) is 0 Å². The largest absolute Gasteiger partial charge is 0.356 e. The molecule has 0 spiro atoms. The number of rotatable bonds is 3. The van der Waals surface area contributed by atoms with Crippen molar-refractivity contribution in [1.82, 2.24) is 9.97 Å². The first-order valence-corrected chi connectivity index (χ1v) is 8.47. The number of aromatic nitrogens is 2.